The van der Waals surface area contributed by atoms with E-state index in [0.29, 0.717) is 6.54 Å². The van der Waals surface area contributed by atoms with Gasteiger partial charge in [0.05, 0.1) is 0 Å². The van der Waals surface area contributed by atoms with Gasteiger partial charge in [-0.05, 0) is 11.1 Å². The smallest absolute Gasteiger partial charge is 0.352 e. The minimum Gasteiger partial charge on any atom is -0.352 e. The molecule has 0 aliphatic rings. The van der Waals surface area contributed by atoms with Crippen molar-refractivity contribution in [1.82, 2.24) is 5.32 Å². The molecule has 0 atom stereocenters. The van der Waals surface area contributed by atoms with Crippen molar-refractivity contribution in [3.05, 3.63) is 35.4 Å². The van der Waals surface area contributed by atoms with Crippen LogP contribution in [0.1, 0.15) is 17.5 Å². The van der Waals surface area contributed by atoms with E-state index in [4.69, 9.17) is 5.73 Å². The van der Waals surface area contributed by atoms with E-state index in [1.54, 1.807) is 24.3 Å². The van der Waals surface area contributed by atoms with Crippen LogP contribution in [0.4, 0.5) is 13.2 Å². The number of nitrogens with one attached hydrogen (secondary N) is 1. The maximum atomic E-state index is 11.9. The quantitative estimate of drug-likeness (QED) is 0.849. The lowest BCUT2D eigenvalue weighted by Gasteiger charge is -2.08. The Bertz CT molecular complexity index is 373. The summed E-state index contributed by atoms with van der Waals surface area (Å²) in [5, 5.41) is 2.20. The van der Waals surface area contributed by atoms with E-state index in [1.807, 2.05) is 0 Å². The highest BCUT2D eigenvalue weighted by Crippen LogP contribution is 2.18. The summed E-state index contributed by atoms with van der Waals surface area (Å²) in [7, 11) is 0. The van der Waals surface area contributed by atoms with E-state index >= 15 is 0 Å². The van der Waals surface area contributed by atoms with Gasteiger partial charge in [0, 0.05) is 13.1 Å². The van der Waals surface area contributed by atoms with E-state index in [-0.39, 0.29) is 6.54 Å². The number of rotatable bonds is 4. The second kappa shape index (κ2) is 5.67. The Kier molecular flexibility index (Phi) is 4.51. The summed E-state index contributed by atoms with van der Waals surface area (Å²) in [6.45, 7) is 0.487. The van der Waals surface area contributed by atoms with Crippen molar-refractivity contribution in [1.29, 1.82) is 0 Å². The molecule has 0 spiro atoms. The van der Waals surface area contributed by atoms with Crippen molar-refractivity contribution < 1.29 is 18.0 Å². The van der Waals surface area contributed by atoms with E-state index < -0.39 is 18.5 Å². The van der Waals surface area contributed by atoms with Crippen LogP contribution in [0.2, 0.25) is 0 Å². The first-order chi connectivity index (χ1) is 7.90. The maximum Gasteiger partial charge on any atom is 0.397 e. The van der Waals surface area contributed by atoms with Gasteiger partial charge in [-0.3, -0.25) is 4.79 Å². The van der Waals surface area contributed by atoms with Gasteiger partial charge in [-0.1, -0.05) is 24.3 Å². The van der Waals surface area contributed by atoms with Crippen LogP contribution in [0.25, 0.3) is 0 Å². The summed E-state index contributed by atoms with van der Waals surface area (Å²) in [4.78, 5) is 10.9. The van der Waals surface area contributed by atoms with Crippen LogP contribution in [0.3, 0.4) is 0 Å². The number of hydrogen-bond acceptors (Lipinski definition) is 2. The fourth-order valence-electron chi connectivity index (χ4n) is 1.24. The molecule has 0 aliphatic carbocycles. The minimum atomic E-state index is -4.46. The summed E-state index contributed by atoms with van der Waals surface area (Å²) in [6, 6.07) is 6.97. The fourth-order valence-corrected chi connectivity index (χ4v) is 1.24. The molecule has 0 fully saturated rings. The zero-order valence-electron chi connectivity index (χ0n) is 9.05. The molecule has 17 heavy (non-hydrogen) atoms. The van der Waals surface area contributed by atoms with Crippen LogP contribution >= 0.6 is 0 Å². The summed E-state index contributed by atoms with van der Waals surface area (Å²) in [5.41, 5.74) is 7.06. The molecule has 1 amide bonds. The van der Waals surface area contributed by atoms with Crippen molar-refractivity contribution in [3.8, 4) is 0 Å². The number of benzene rings is 1. The van der Waals surface area contributed by atoms with E-state index in [1.165, 1.54) is 0 Å². The molecule has 1 rings (SSSR count). The predicted molar refractivity (Wildman–Crippen MR) is 56.9 cm³/mol. The Labute approximate surface area is 96.8 Å². The first kappa shape index (κ1) is 13.5. The summed E-state index contributed by atoms with van der Waals surface area (Å²) in [5.74, 6) is -1.03. The Hall–Kier alpha value is -1.56. The molecule has 94 valence electrons. The number of carbonyl (C=O) groups excluding carboxylic acids is 1. The lowest BCUT2D eigenvalue weighted by atomic mass is 10.1. The summed E-state index contributed by atoms with van der Waals surface area (Å²) in [6.07, 6.45) is -5.92. The standard InChI is InChI=1S/C11H13F3N2O/c12-11(13,14)5-10(17)16-7-9-3-1-8(6-15)2-4-9/h1-4H,5-7,15H2,(H,16,17). The molecule has 0 unspecified atom stereocenters. The molecule has 3 nitrogen and oxygen atoms in total. The summed E-state index contributed by atoms with van der Waals surface area (Å²) >= 11 is 0. The molecule has 6 heteroatoms. The van der Waals surface area contributed by atoms with Gasteiger partial charge in [-0.25, -0.2) is 0 Å². The number of amides is 1. The minimum absolute atomic E-state index is 0.0831. The van der Waals surface area contributed by atoms with Crippen molar-refractivity contribution in [2.24, 2.45) is 5.73 Å². The monoisotopic (exact) mass is 246 g/mol. The van der Waals surface area contributed by atoms with Gasteiger partial charge in [0.25, 0.3) is 0 Å². The molecule has 1 aromatic carbocycles. The Morgan fingerprint density at radius 3 is 2.18 bits per heavy atom. The first-order valence-corrected chi connectivity index (χ1v) is 5.02. The largest absolute Gasteiger partial charge is 0.397 e. The molecule has 1 aromatic rings. The van der Waals surface area contributed by atoms with Gasteiger partial charge in [0.2, 0.25) is 5.91 Å². The Morgan fingerprint density at radius 2 is 1.71 bits per heavy atom. The first-order valence-electron chi connectivity index (χ1n) is 5.02. The highest BCUT2D eigenvalue weighted by molar-refractivity contribution is 5.76. The van der Waals surface area contributed by atoms with Crippen LogP contribution in [0.5, 0.6) is 0 Å². The highest BCUT2D eigenvalue weighted by atomic mass is 19.4. The molecular weight excluding hydrogens is 233 g/mol. The molecule has 0 aliphatic heterocycles. The average molecular weight is 246 g/mol. The molecule has 3 N–H and O–H groups in total. The number of alkyl halides is 3. The van der Waals surface area contributed by atoms with E-state index in [9.17, 15) is 18.0 Å². The topological polar surface area (TPSA) is 55.1 Å². The van der Waals surface area contributed by atoms with Gasteiger partial charge in [0.15, 0.2) is 0 Å². The second-order valence-corrected chi connectivity index (χ2v) is 3.59. The molecule has 0 heterocycles. The average Bonchev–Trinajstić information content (AvgIpc) is 2.25. The molecule has 0 radical (unpaired) electrons. The second-order valence-electron chi connectivity index (χ2n) is 3.59. The van der Waals surface area contributed by atoms with Gasteiger partial charge in [-0.2, -0.15) is 13.2 Å². The molecule has 0 aromatic heterocycles. The predicted octanol–water partition coefficient (Wildman–Crippen LogP) is 1.71. The third kappa shape index (κ3) is 5.35. The highest BCUT2D eigenvalue weighted by Gasteiger charge is 2.30. The molecule has 0 saturated heterocycles. The van der Waals surface area contributed by atoms with Gasteiger partial charge in [0.1, 0.15) is 6.42 Å². The lowest BCUT2D eigenvalue weighted by Crippen LogP contribution is -2.28. The third-order valence-electron chi connectivity index (χ3n) is 2.11. The maximum absolute atomic E-state index is 11.9. The molecule has 0 saturated carbocycles. The van der Waals surface area contributed by atoms with Crippen molar-refractivity contribution in [2.45, 2.75) is 25.7 Å². The zero-order chi connectivity index (χ0) is 12.9. The van der Waals surface area contributed by atoms with Gasteiger partial charge >= 0.3 is 6.18 Å². The number of halogens is 3. The van der Waals surface area contributed by atoms with Crippen LogP contribution in [0, 0.1) is 0 Å². The number of nitrogens with two attached hydrogens (primary N) is 1. The molecular formula is C11H13F3N2O. The zero-order valence-corrected chi connectivity index (χ0v) is 9.05. The van der Waals surface area contributed by atoms with Crippen molar-refractivity contribution in [2.75, 3.05) is 0 Å². The molecule has 0 bridgehead atoms. The lowest BCUT2D eigenvalue weighted by molar-refractivity contribution is -0.153. The SMILES string of the molecule is NCc1ccc(CNC(=O)CC(F)(F)F)cc1. The van der Waals surface area contributed by atoms with Gasteiger partial charge in [-0.15, -0.1) is 0 Å². The van der Waals surface area contributed by atoms with Crippen LogP contribution in [0.15, 0.2) is 24.3 Å². The van der Waals surface area contributed by atoms with Crippen LogP contribution in [-0.2, 0) is 17.9 Å². The normalized spacial score (nSPS) is 11.3. The number of carbonyl (C=O) groups is 1. The summed E-state index contributed by atoms with van der Waals surface area (Å²) < 4.78 is 35.6. The number of hydrogen-bond donors (Lipinski definition) is 2. The van der Waals surface area contributed by atoms with E-state index in [2.05, 4.69) is 5.32 Å². The fraction of sp³-hybridized carbons (Fsp3) is 0.364. The Morgan fingerprint density at radius 1 is 1.18 bits per heavy atom. The van der Waals surface area contributed by atoms with Crippen molar-refractivity contribution in [3.63, 3.8) is 0 Å². The van der Waals surface area contributed by atoms with Crippen LogP contribution in [-0.4, -0.2) is 12.1 Å². The van der Waals surface area contributed by atoms with E-state index in [0.717, 1.165) is 11.1 Å². The Balaban J connectivity index is 2.42. The van der Waals surface area contributed by atoms with Gasteiger partial charge < -0.3 is 11.1 Å². The van der Waals surface area contributed by atoms with Crippen LogP contribution < -0.4 is 11.1 Å². The third-order valence-corrected chi connectivity index (χ3v) is 2.11. The van der Waals surface area contributed by atoms with Crippen molar-refractivity contribution >= 4 is 5.91 Å².